The van der Waals surface area contributed by atoms with Crippen molar-refractivity contribution in [3.8, 4) is 0 Å². The molecule has 1 saturated heterocycles. The molecule has 0 saturated carbocycles. The van der Waals surface area contributed by atoms with E-state index < -0.39 is 0 Å². The number of likely N-dealkylation sites (N-methyl/N-ethyl adjacent to an activating group) is 2. The molecule has 5 heteroatoms. The summed E-state index contributed by atoms with van der Waals surface area (Å²) in [6.07, 6.45) is 3.04. The van der Waals surface area contributed by atoms with E-state index in [1.54, 1.807) is 6.20 Å². The minimum atomic E-state index is -0.332. The summed E-state index contributed by atoms with van der Waals surface area (Å²) in [5, 5.41) is 3.12. The number of piperazine rings is 1. The van der Waals surface area contributed by atoms with E-state index in [1.807, 2.05) is 0 Å². The van der Waals surface area contributed by atoms with E-state index in [-0.39, 0.29) is 5.97 Å². The van der Waals surface area contributed by atoms with Gasteiger partial charge < -0.3 is 15.0 Å². The van der Waals surface area contributed by atoms with E-state index in [1.165, 1.54) is 13.2 Å². The number of esters is 1. The van der Waals surface area contributed by atoms with Crippen molar-refractivity contribution in [1.82, 2.24) is 15.1 Å². The highest BCUT2D eigenvalue weighted by Crippen LogP contribution is 2.04. The Labute approximate surface area is 97.0 Å². The molecule has 92 valence electrons. The van der Waals surface area contributed by atoms with Gasteiger partial charge in [0.15, 0.2) is 0 Å². The Bertz CT molecular complexity index is 256. The molecule has 0 amide bonds. The quantitative estimate of drug-likeness (QED) is 0.518. The first-order valence-corrected chi connectivity index (χ1v) is 5.50. The molecule has 1 N–H and O–H groups in total. The van der Waals surface area contributed by atoms with Gasteiger partial charge in [-0.3, -0.25) is 4.90 Å². The number of rotatable bonds is 4. The van der Waals surface area contributed by atoms with Gasteiger partial charge in [0.1, 0.15) is 0 Å². The molecule has 16 heavy (non-hydrogen) atoms. The maximum Gasteiger partial charge on any atom is 0.331 e. The molecular formula is C11H21N3O2. The summed E-state index contributed by atoms with van der Waals surface area (Å²) < 4.78 is 4.50. The number of nitrogens with one attached hydrogen (secondary N) is 1. The molecule has 1 atom stereocenters. The zero-order valence-electron chi connectivity index (χ0n) is 10.3. The highest BCUT2D eigenvalue weighted by molar-refractivity contribution is 5.81. The van der Waals surface area contributed by atoms with Gasteiger partial charge in [0.05, 0.1) is 7.11 Å². The van der Waals surface area contributed by atoms with Crippen molar-refractivity contribution in [1.29, 1.82) is 0 Å². The average molecular weight is 227 g/mol. The topological polar surface area (TPSA) is 44.8 Å². The van der Waals surface area contributed by atoms with E-state index >= 15 is 0 Å². The van der Waals surface area contributed by atoms with Gasteiger partial charge in [0, 0.05) is 44.5 Å². The molecule has 1 aliphatic heterocycles. The van der Waals surface area contributed by atoms with E-state index in [0.29, 0.717) is 6.04 Å². The van der Waals surface area contributed by atoms with E-state index in [2.05, 4.69) is 33.9 Å². The first-order chi connectivity index (χ1) is 7.63. The Morgan fingerprint density at radius 3 is 2.94 bits per heavy atom. The van der Waals surface area contributed by atoms with Crippen LogP contribution in [0.1, 0.15) is 0 Å². The molecule has 1 fully saturated rings. The van der Waals surface area contributed by atoms with E-state index in [9.17, 15) is 4.79 Å². The van der Waals surface area contributed by atoms with Crippen LogP contribution in [-0.2, 0) is 9.53 Å². The summed E-state index contributed by atoms with van der Waals surface area (Å²) in [6.45, 7) is 4.10. The van der Waals surface area contributed by atoms with Crippen molar-refractivity contribution in [3.05, 3.63) is 12.3 Å². The van der Waals surface area contributed by atoms with Crippen LogP contribution in [0.2, 0.25) is 0 Å². The first kappa shape index (κ1) is 13.0. The second kappa shape index (κ2) is 6.50. The number of hydrogen-bond donors (Lipinski definition) is 1. The van der Waals surface area contributed by atoms with Gasteiger partial charge in [-0.05, 0) is 14.1 Å². The predicted octanol–water partition coefficient (Wildman–Crippen LogP) is -0.491. The van der Waals surface area contributed by atoms with E-state index in [4.69, 9.17) is 0 Å². The third-order valence-corrected chi connectivity index (χ3v) is 2.87. The molecule has 0 spiro atoms. The third-order valence-electron chi connectivity index (χ3n) is 2.87. The Balaban J connectivity index is 2.25. The van der Waals surface area contributed by atoms with Crippen LogP contribution in [0, 0.1) is 0 Å². The summed E-state index contributed by atoms with van der Waals surface area (Å²) >= 11 is 0. The SMILES string of the molecule is COC(=O)/C=C/NCC1CN(C)CCN1C. The molecular weight excluding hydrogens is 206 g/mol. The van der Waals surface area contributed by atoms with Crippen LogP contribution in [0.5, 0.6) is 0 Å². The minimum Gasteiger partial charge on any atom is -0.466 e. The van der Waals surface area contributed by atoms with E-state index in [0.717, 1.165) is 26.2 Å². The molecule has 0 aromatic carbocycles. The lowest BCUT2D eigenvalue weighted by Gasteiger charge is -2.37. The van der Waals surface area contributed by atoms with Crippen molar-refractivity contribution in [2.75, 3.05) is 47.4 Å². The second-order valence-electron chi connectivity index (χ2n) is 4.16. The standard InChI is InChI=1S/C11H21N3O2/c1-13-6-7-14(2)10(9-13)8-12-5-4-11(15)16-3/h4-5,10,12H,6-9H2,1-3H3/b5-4+. The molecule has 1 rings (SSSR count). The summed E-state index contributed by atoms with van der Waals surface area (Å²) in [4.78, 5) is 15.5. The average Bonchev–Trinajstić information content (AvgIpc) is 2.28. The summed E-state index contributed by atoms with van der Waals surface area (Å²) in [5.41, 5.74) is 0. The molecule has 0 bridgehead atoms. The maximum atomic E-state index is 10.8. The maximum absolute atomic E-state index is 10.8. The molecule has 1 unspecified atom stereocenters. The summed E-state index contributed by atoms with van der Waals surface area (Å²) in [6, 6.07) is 0.487. The normalized spacial score (nSPS) is 23.6. The fourth-order valence-electron chi connectivity index (χ4n) is 1.72. The summed E-state index contributed by atoms with van der Waals surface area (Å²) in [7, 11) is 5.63. The lowest BCUT2D eigenvalue weighted by atomic mass is 10.2. The van der Waals surface area contributed by atoms with Crippen LogP contribution in [0.4, 0.5) is 0 Å². The molecule has 0 aromatic heterocycles. The number of nitrogens with zero attached hydrogens (tertiary/aromatic N) is 2. The van der Waals surface area contributed by atoms with Crippen LogP contribution >= 0.6 is 0 Å². The van der Waals surface area contributed by atoms with Gasteiger partial charge in [0.2, 0.25) is 0 Å². The van der Waals surface area contributed by atoms with Crippen molar-refractivity contribution < 1.29 is 9.53 Å². The molecule has 1 aliphatic rings. The third kappa shape index (κ3) is 4.20. The Kier molecular flexibility index (Phi) is 5.28. The highest BCUT2D eigenvalue weighted by Gasteiger charge is 2.20. The highest BCUT2D eigenvalue weighted by atomic mass is 16.5. The first-order valence-electron chi connectivity index (χ1n) is 5.50. The fourth-order valence-corrected chi connectivity index (χ4v) is 1.72. The van der Waals surface area contributed by atoms with Crippen LogP contribution in [0.25, 0.3) is 0 Å². The fraction of sp³-hybridized carbons (Fsp3) is 0.727. The van der Waals surface area contributed by atoms with Gasteiger partial charge >= 0.3 is 5.97 Å². The van der Waals surface area contributed by atoms with Gasteiger partial charge in [0.25, 0.3) is 0 Å². The van der Waals surface area contributed by atoms with Gasteiger partial charge in [-0.25, -0.2) is 4.79 Å². The number of hydrogen-bond acceptors (Lipinski definition) is 5. The van der Waals surface area contributed by atoms with Crippen molar-refractivity contribution >= 4 is 5.97 Å². The molecule has 5 nitrogen and oxygen atoms in total. The lowest BCUT2D eigenvalue weighted by Crippen LogP contribution is -2.53. The predicted molar refractivity (Wildman–Crippen MR) is 63.1 cm³/mol. The van der Waals surface area contributed by atoms with Crippen molar-refractivity contribution in [2.45, 2.75) is 6.04 Å². The Morgan fingerprint density at radius 2 is 2.25 bits per heavy atom. The minimum absolute atomic E-state index is 0.332. The van der Waals surface area contributed by atoms with Gasteiger partial charge in [-0.1, -0.05) is 0 Å². The van der Waals surface area contributed by atoms with Crippen molar-refractivity contribution in [2.24, 2.45) is 0 Å². The number of ether oxygens (including phenoxy) is 1. The second-order valence-corrected chi connectivity index (χ2v) is 4.16. The molecule has 1 heterocycles. The van der Waals surface area contributed by atoms with Gasteiger partial charge in [-0.15, -0.1) is 0 Å². The van der Waals surface area contributed by atoms with Crippen LogP contribution in [0.15, 0.2) is 12.3 Å². The lowest BCUT2D eigenvalue weighted by molar-refractivity contribution is -0.134. The van der Waals surface area contributed by atoms with Crippen molar-refractivity contribution in [3.63, 3.8) is 0 Å². The van der Waals surface area contributed by atoms with Crippen LogP contribution in [-0.4, -0.2) is 69.2 Å². The zero-order valence-corrected chi connectivity index (χ0v) is 10.3. The number of carbonyl (C=O) groups excluding carboxylic acids is 1. The Hall–Kier alpha value is -1.07. The molecule has 0 aromatic rings. The van der Waals surface area contributed by atoms with Crippen LogP contribution in [0.3, 0.4) is 0 Å². The number of carbonyl (C=O) groups is 1. The monoisotopic (exact) mass is 227 g/mol. The molecule has 0 radical (unpaired) electrons. The largest absolute Gasteiger partial charge is 0.466 e. The smallest absolute Gasteiger partial charge is 0.331 e. The summed E-state index contributed by atoms with van der Waals surface area (Å²) in [5.74, 6) is -0.332. The number of methoxy groups -OCH3 is 1. The van der Waals surface area contributed by atoms with Crippen LogP contribution < -0.4 is 5.32 Å². The zero-order chi connectivity index (χ0) is 12.0. The van der Waals surface area contributed by atoms with Gasteiger partial charge in [-0.2, -0.15) is 0 Å². The molecule has 0 aliphatic carbocycles. The Morgan fingerprint density at radius 1 is 1.50 bits per heavy atom.